The van der Waals surface area contributed by atoms with Crippen LogP contribution in [-0.4, -0.2) is 15.0 Å². The maximum absolute atomic E-state index is 12.3. The predicted molar refractivity (Wildman–Crippen MR) is 83.7 cm³/mol. The van der Waals surface area contributed by atoms with Crippen molar-refractivity contribution in [2.24, 2.45) is 0 Å². The van der Waals surface area contributed by atoms with Crippen molar-refractivity contribution in [3.63, 3.8) is 0 Å². The quantitative estimate of drug-likeness (QED) is 0.861. The molecule has 0 bridgehead atoms. The molecule has 1 heterocycles. The highest BCUT2D eigenvalue weighted by Crippen LogP contribution is 2.20. The summed E-state index contributed by atoms with van der Waals surface area (Å²) in [7, 11) is -3.49. The van der Waals surface area contributed by atoms with Gasteiger partial charge < -0.3 is 5.32 Å². The van der Waals surface area contributed by atoms with Gasteiger partial charge in [-0.1, -0.05) is 0 Å². The summed E-state index contributed by atoms with van der Waals surface area (Å²) in [5, 5.41) is 7.02. The minimum Gasteiger partial charge on any atom is -0.385 e. The summed E-state index contributed by atoms with van der Waals surface area (Å²) in [4.78, 5) is 0.279. The Hall–Kier alpha value is -1.37. The van der Waals surface area contributed by atoms with Crippen LogP contribution in [0.3, 0.4) is 0 Å². The topological polar surface area (TPSA) is 58.2 Å². The summed E-state index contributed by atoms with van der Waals surface area (Å²) in [6.07, 6.45) is 0. The molecule has 0 fully saturated rings. The highest BCUT2D eigenvalue weighted by Gasteiger charge is 2.18. The van der Waals surface area contributed by atoms with Crippen LogP contribution < -0.4 is 10.0 Å². The SMILES string of the molecule is CCNc1ccc(S(=O)(=O)NC(C)c2ccsc2)cc1. The molecule has 2 N–H and O–H groups in total. The van der Waals surface area contributed by atoms with Crippen molar-refractivity contribution < 1.29 is 8.42 Å². The zero-order valence-electron chi connectivity index (χ0n) is 11.5. The van der Waals surface area contributed by atoms with E-state index in [-0.39, 0.29) is 10.9 Å². The Morgan fingerprint density at radius 1 is 1.20 bits per heavy atom. The molecule has 6 heteroatoms. The van der Waals surface area contributed by atoms with Crippen molar-refractivity contribution in [2.75, 3.05) is 11.9 Å². The normalized spacial score (nSPS) is 13.1. The number of rotatable bonds is 6. The fourth-order valence-electron chi connectivity index (χ4n) is 1.85. The molecule has 0 aliphatic heterocycles. The Labute approximate surface area is 123 Å². The van der Waals surface area contributed by atoms with E-state index in [0.717, 1.165) is 17.8 Å². The first-order valence-corrected chi connectivity index (χ1v) is 8.84. The first kappa shape index (κ1) is 15.0. The van der Waals surface area contributed by atoms with Gasteiger partial charge in [-0.2, -0.15) is 11.3 Å². The molecule has 0 aliphatic rings. The number of thiophene rings is 1. The Morgan fingerprint density at radius 2 is 1.90 bits per heavy atom. The van der Waals surface area contributed by atoms with E-state index in [9.17, 15) is 8.42 Å². The molecule has 0 saturated heterocycles. The molecule has 1 aromatic carbocycles. The van der Waals surface area contributed by atoms with E-state index in [1.165, 1.54) is 0 Å². The lowest BCUT2D eigenvalue weighted by molar-refractivity contribution is 0.567. The molecule has 2 rings (SSSR count). The molecule has 20 heavy (non-hydrogen) atoms. The summed E-state index contributed by atoms with van der Waals surface area (Å²) < 4.78 is 27.2. The summed E-state index contributed by atoms with van der Waals surface area (Å²) in [6, 6.07) is 8.45. The van der Waals surface area contributed by atoms with E-state index in [1.54, 1.807) is 35.6 Å². The summed E-state index contributed by atoms with van der Waals surface area (Å²) in [5.41, 5.74) is 1.89. The highest BCUT2D eigenvalue weighted by molar-refractivity contribution is 7.89. The largest absolute Gasteiger partial charge is 0.385 e. The smallest absolute Gasteiger partial charge is 0.241 e. The van der Waals surface area contributed by atoms with Crippen LogP contribution in [-0.2, 0) is 10.0 Å². The lowest BCUT2D eigenvalue weighted by atomic mass is 10.2. The number of sulfonamides is 1. The van der Waals surface area contributed by atoms with Gasteiger partial charge in [0, 0.05) is 18.3 Å². The summed E-state index contributed by atoms with van der Waals surface area (Å²) >= 11 is 1.55. The molecule has 4 nitrogen and oxygen atoms in total. The van der Waals surface area contributed by atoms with E-state index < -0.39 is 10.0 Å². The van der Waals surface area contributed by atoms with E-state index in [4.69, 9.17) is 0 Å². The molecule has 0 aliphatic carbocycles. The molecule has 1 atom stereocenters. The third-order valence-electron chi connectivity index (χ3n) is 2.92. The van der Waals surface area contributed by atoms with E-state index in [1.807, 2.05) is 30.7 Å². The van der Waals surface area contributed by atoms with Crippen molar-refractivity contribution in [1.82, 2.24) is 4.72 Å². The third kappa shape index (κ3) is 3.59. The first-order chi connectivity index (χ1) is 9.53. The van der Waals surface area contributed by atoms with Crippen LogP contribution in [0.4, 0.5) is 5.69 Å². The average Bonchev–Trinajstić information content (AvgIpc) is 2.93. The van der Waals surface area contributed by atoms with Gasteiger partial charge in [0.1, 0.15) is 0 Å². The van der Waals surface area contributed by atoms with Crippen LogP contribution in [0, 0.1) is 0 Å². The number of nitrogens with one attached hydrogen (secondary N) is 2. The minimum atomic E-state index is -3.49. The number of hydrogen-bond acceptors (Lipinski definition) is 4. The van der Waals surface area contributed by atoms with Crippen molar-refractivity contribution in [1.29, 1.82) is 0 Å². The molecule has 0 amide bonds. The summed E-state index contributed by atoms with van der Waals surface area (Å²) in [5.74, 6) is 0. The zero-order chi connectivity index (χ0) is 14.6. The van der Waals surface area contributed by atoms with E-state index >= 15 is 0 Å². The van der Waals surface area contributed by atoms with Crippen LogP contribution in [0.1, 0.15) is 25.5 Å². The van der Waals surface area contributed by atoms with Crippen LogP contribution in [0.15, 0.2) is 46.0 Å². The second-order valence-electron chi connectivity index (χ2n) is 4.45. The molecule has 2 aromatic rings. The molecule has 1 unspecified atom stereocenters. The van der Waals surface area contributed by atoms with Gasteiger partial charge in [0.15, 0.2) is 0 Å². The Morgan fingerprint density at radius 3 is 2.45 bits per heavy atom. The van der Waals surface area contributed by atoms with Gasteiger partial charge in [-0.05, 0) is 60.5 Å². The van der Waals surface area contributed by atoms with Gasteiger partial charge in [0.25, 0.3) is 0 Å². The Kier molecular flexibility index (Phi) is 4.80. The van der Waals surface area contributed by atoms with Crippen LogP contribution >= 0.6 is 11.3 Å². The predicted octanol–water partition coefficient (Wildman–Crippen LogP) is 3.22. The maximum Gasteiger partial charge on any atom is 0.241 e. The summed E-state index contributed by atoms with van der Waals surface area (Å²) in [6.45, 7) is 4.64. The first-order valence-electron chi connectivity index (χ1n) is 6.41. The van der Waals surface area contributed by atoms with Gasteiger partial charge in [-0.3, -0.25) is 0 Å². The monoisotopic (exact) mass is 310 g/mol. The van der Waals surface area contributed by atoms with Crippen LogP contribution in [0.5, 0.6) is 0 Å². The van der Waals surface area contributed by atoms with Gasteiger partial charge in [0.2, 0.25) is 10.0 Å². The molecule has 108 valence electrons. The highest BCUT2D eigenvalue weighted by atomic mass is 32.2. The second kappa shape index (κ2) is 6.39. The Balaban J connectivity index is 2.13. The molecule has 1 aromatic heterocycles. The molecular weight excluding hydrogens is 292 g/mol. The molecule has 0 spiro atoms. The third-order valence-corrected chi connectivity index (χ3v) is 5.18. The lowest BCUT2D eigenvalue weighted by Crippen LogP contribution is -2.26. The van der Waals surface area contributed by atoms with Crippen LogP contribution in [0.25, 0.3) is 0 Å². The van der Waals surface area contributed by atoms with Crippen molar-refractivity contribution in [3.8, 4) is 0 Å². The van der Waals surface area contributed by atoms with Crippen LogP contribution in [0.2, 0.25) is 0 Å². The lowest BCUT2D eigenvalue weighted by Gasteiger charge is -2.13. The van der Waals surface area contributed by atoms with Crippen molar-refractivity contribution >= 4 is 27.0 Å². The van der Waals surface area contributed by atoms with E-state index in [0.29, 0.717) is 0 Å². The Bertz CT molecular complexity index is 634. The maximum atomic E-state index is 12.3. The van der Waals surface area contributed by atoms with Crippen molar-refractivity contribution in [2.45, 2.75) is 24.8 Å². The number of hydrogen-bond donors (Lipinski definition) is 2. The van der Waals surface area contributed by atoms with Gasteiger partial charge >= 0.3 is 0 Å². The van der Waals surface area contributed by atoms with Gasteiger partial charge in [-0.25, -0.2) is 13.1 Å². The standard InChI is InChI=1S/C14H18N2O2S2/c1-3-15-13-4-6-14(7-5-13)20(17,18)16-11(2)12-8-9-19-10-12/h4-11,15-16H,3H2,1-2H3. The number of benzene rings is 1. The van der Waals surface area contributed by atoms with E-state index in [2.05, 4.69) is 10.0 Å². The van der Waals surface area contributed by atoms with Crippen molar-refractivity contribution in [3.05, 3.63) is 46.7 Å². The minimum absolute atomic E-state index is 0.236. The molecular formula is C14H18N2O2S2. The van der Waals surface area contributed by atoms with Gasteiger partial charge in [-0.15, -0.1) is 0 Å². The molecule has 0 radical (unpaired) electrons. The second-order valence-corrected chi connectivity index (χ2v) is 6.95. The molecule has 0 saturated carbocycles. The average molecular weight is 310 g/mol. The number of anilines is 1. The zero-order valence-corrected chi connectivity index (χ0v) is 13.1. The fourth-order valence-corrected chi connectivity index (χ4v) is 3.83. The fraction of sp³-hybridized carbons (Fsp3) is 0.286. The van der Waals surface area contributed by atoms with Gasteiger partial charge in [0.05, 0.1) is 4.90 Å².